The van der Waals surface area contributed by atoms with Crippen LogP contribution in [0, 0.1) is 0 Å². The summed E-state index contributed by atoms with van der Waals surface area (Å²) in [5.41, 5.74) is 1.49. The number of nitrogens with zero attached hydrogens (tertiary/aromatic N) is 3. The second-order valence-corrected chi connectivity index (χ2v) is 4.70. The van der Waals surface area contributed by atoms with E-state index in [4.69, 9.17) is 0 Å². The molecule has 0 saturated carbocycles. The topological polar surface area (TPSA) is 79.8 Å². The van der Waals surface area contributed by atoms with Gasteiger partial charge in [-0.1, -0.05) is 13.3 Å². The number of hydrogen-bond donors (Lipinski definition) is 2. The molecular formula is C15H19N5O. The fourth-order valence-corrected chi connectivity index (χ4v) is 1.75. The van der Waals surface area contributed by atoms with Crippen molar-refractivity contribution >= 4 is 23.2 Å². The zero-order chi connectivity index (χ0) is 15.1. The third-order valence-electron chi connectivity index (χ3n) is 2.94. The van der Waals surface area contributed by atoms with Crippen molar-refractivity contribution in [1.29, 1.82) is 0 Å². The minimum absolute atomic E-state index is 0.0431. The quantitative estimate of drug-likeness (QED) is 0.601. The van der Waals surface area contributed by atoms with Gasteiger partial charge in [0, 0.05) is 17.8 Å². The number of Topliss-reactive ketones (excluding diaryl/α,β-unsaturated/α-hetero) is 1. The van der Waals surface area contributed by atoms with Crippen molar-refractivity contribution in [1.82, 2.24) is 15.2 Å². The highest BCUT2D eigenvalue weighted by atomic mass is 16.1. The van der Waals surface area contributed by atoms with Crippen LogP contribution < -0.4 is 10.6 Å². The minimum atomic E-state index is 0.0431. The van der Waals surface area contributed by atoms with Crippen LogP contribution in [-0.4, -0.2) is 27.5 Å². The molecule has 0 saturated heterocycles. The second-order valence-electron chi connectivity index (χ2n) is 4.70. The Morgan fingerprint density at radius 1 is 1.24 bits per heavy atom. The van der Waals surface area contributed by atoms with Gasteiger partial charge >= 0.3 is 0 Å². The Labute approximate surface area is 124 Å². The maximum Gasteiger partial charge on any atom is 0.249 e. The molecule has 6 heteroatoms. The van der Waals surface area contributed by atoms with Gasteiger partial charge in [0.1, 0.15) is 0 Å². The first-order valence-corrected chi connectivity index (χ1v) is 7.00. The summed E-state index contributed by atoms with van der Waals surface area (Å²) in [4.78, 5) is 15.6. The van der Waals surface area contributed by atoms with E-state index in [2.05, 4.69) is 32.7 Å². The molecule has 2 aromatic rings. The van der Waals surface area contributed by atoms with Crippen LogP contribution in [0.3, 0.4) is 0 Å². The van der Waals surface area contributed by atoms with Crippen LogP contribution >= 0.6 is 0 Å². The van der Waals surface area contributed by atoms with Crippen LogP contribution in [0.25, 0.3) is 0 Å². The zero-order valence-electron chi connectivity index (χ0n) is 12.3. The number of anilines is 3. The average Bonchev–Trinajstić information content (AvgIpc) is 2.48. The lowest BCUT2D eigenvalue weighted by Gasteiger charge is -2.07. The summed E-state index contributed by atoms with van der Waals surface area (Å²) in [5, 5.41) is 14.1. The van der Waals surface area contributed by atoms with Gasteiger partial charge in [0.2, 0.25) is 5.95 Å². The van der Waals surface area contributed by atoms with Crippen molar-refractivity contribution in [3.8, 4) is 0 Å². The molecule has 0 unspecified atom stereocenters. The lowest BCUT2D eigenvalue weighted by Crippen LogP contribution is -2.06. The Kier molecular flexibility index (Phi) is 5.20. The van der Waals surface area contributed by atoms with Gasteiger partial charge in [0.05, 0.1) is 6.20 Å². The molecule has 2 N–H and O–H groups in total. The van der Waals surface area contributed by atoms with Crippen molar-refractivity contribution in [3.63, 3.8) is 0 Å². The third-order valence-corrected chi connectivity index (χ3v) is 2.94. The molecule has 21 heavy (non-hydrogen) atoms. The molecule has 0 bridgehead atoms. The smallest absolute Gasteiger partial charge is 0.249 e. The van der Waals surface area contributed by atoms with Gasteiger partial charge in [0.25, 0.3) is 0 Å². The van der Waals surface area contributed by atoms with Crippen molar-refractivity contribution < 1.29 is 4.79 Å². The summed E-state index contributed by atoms with van der Waals surface area (Å²) in [6, 6.07) is 7.16. The van der Waals surface area contributed by atoms with E-state index in [9.17, 15) is 4.79 Å². The van der Waals surface area contributed by atoms with Crippen LogP contribution in [-0.2, 0) is 0 Å². The second kappa shape index (κ2) is 7.33. The molecule has 1 aromatic heterocycles. The Hall–Kier alpha value is -2.50. The summed E-state index contributed by atoms with van der Waals surface area (Å²) in [6.45, 7) is 4.54. The Morgan fingerprint density at radius 2 is 2.00 bits per heavy atom. The number of aromatic nitrogens is 3. The largest absolute Gasteiger partial charge is 0.369 e. The Bertz CT molecular complexity index is 597. The van der Waals surface area contributed by atoms with E-state index < -0.39 is 0 Å². The number of hydrogen-bond acceptors (Lipinski definition) is 6. The molecule has 0 atom stereocenters. The molecule has 0 radical (unpaired) electrons. The number of benzene rings is 1. The maximum atomic E-state index is 11.2. The summed E-state index contributed by atoms with van der Waals surface area (Å²) < 4.78 is 0. The monoisotopic (exact) mass is 285 g/mol. The predicted molar refractivity (Wildman–Crippen MR) is 83.0 cm³/mol. The highest BCUT2D eigenvalue weighted by molar-refractivity contribution is 5.94. The lowest BCUT2D eigenvalue weighted by molar-refractivity contribution is 0.101. The fraction of sp³-hybridized carbons (Fsp3) is 0.333. The highest BCUT2D eigenvalue weighted by Crippen LogP contribution is 2.14. The van der Waals surface area contributed by atoms with Gasteiger partial charge in [-0.05, 0) is 37.6 Å². The molecule has 0 aliphatic heterocycles. The maximum absolute atomic E-state index is 11.2. The fourth-order valence-electron chi connectivity index (χ4n) is 1.75. The van der Waals surface area contributed by atoms with Gasteiger partial charge in [0.15, 0.2) is 11.6 Å². The molecule has 0 aliphatic rings. The number of ketones is 1. The molecule has 6 nitrogen and oxygen atoms in total. The van der Waals surface area contributed by atoms with E-state index in [0.717, 1.165) is 25.1 Å². The van der Waals surface area contributed by atoms with Gasteiger partial charge in [-0.2, -0.15) is 10.1 Å². The number of carbonyl (C=O) groups excluding carboxylic acids is 1. The summed E-state index contributed by atoms with van der Waals surface area (Å²) in [7, 11) is 0. The molecule has 0 aliphatic carbocycles. The third kappa shape index (κ3) is 4.52. The van der Waals surface area contributed by atoms with Crippen molar-refractivity contribution in [2.24, 2.45) is 0 Å². The van der Waals surface area contributed by atoms with Crippen molar-refractivity contribution in [2.75, 3.05) is 17.2 Å². The summed E-state index contributed by atoms with van der Waals surface area (Å²) >= 11 is 0. The van der Waals surface area contributed by atoms with Crippen LogP contribution in [0.5, 0.6) is 0 Å². The van der Waals surface area contributed by atoms with E-state index in [1.54, 1.807) is 25.3 Å². The molecule has 110 valence electrons. The SMILES string of the molecule is CCCCNc1cnnc(Nc2ccc(C(C)=O)cc2)n1. The number of nitrogens with one attached hydrogen (secondary N) is 2. The lowest BCUT2D eigenvalue weighted by atomic mass is 10.1. The van der Waals surface area contributed by atoms with Crippen LogP contribution in [0.15, 0.2) is 30.5 Å². The summed E-state index contributed by atoms with van der Waals surface area (Å²) in [5.74, 6) is 1.16. The highest BCUT2D eigenvalue weighted by Gasteiger charge is 2.02. The zero-order valence-corrected chi connectivity index (χ0v) is 12.3. The summed E-state index contributed by atoms with van der Waals surface area (Å²) in [6.07, 6.45) is 3.80. The molecule has 2 rings (SSSR count). The van der Waals surface area contributed by atoms with E-state index in [1.807, 2.05) is 12.1 Å². The minimum Gasteiger partial charge on any atom is -0.369 e. The van der Waals surface area contributed by atoms with E-state index in [-0.39, 0.29) is 5.78 Å². The Morgan fingerprint density at radius 3 is 2.67 bits per heavy atom. The van der Waals surface area contributed by atoms with Crippen LogP contribution in [0.4, 0.5) is 17.5 Å². The molecule has 1 aromatic carbocycles. The first-order valence-electron chi connectivity index (χ1n) is 7.00. The van der Waals surface area contributed by atoms with E-state index in [1.165, 1.54) is 0 Å². The Balaban J connectivity index is 2.01. The molecule has 1 heterocycles. The van der Waals surface area contributed by atoms with Gasteiger partial charge < -0.3 is 10.6 Å². The predicted octanol–water partition coefficient (Wildman–Crippen LogP) is 3.03. The van der Waals surface area contributed by atoms with Crippen molar-refractivity contribution in [3.05, 3.63) is 36.0 Å². The molecule has 0 spiro atoms. The molecule has 0 amide bonds. The van der Waals surface area contributed by atoms with Crippen LogP contribution in [0.2, 0.25) is 0 Å². The van der Waals surface area contributed by atoms with Gasteiger partial charge in [-0.15, -0.1) is 5.10 Å². The number of rotatable bonds is 7. The molecular weight excluding hydrogens is 266 g/mol. The van der Waals surface area contributed by atoms with E-state index >= 15 is 0 Å². The first-order chi connectivity index (χ1) is 10.2. The number of unbranched alkanes of at least 4 members (excludes halogenated alkanes) is 1. The van der Waals surface area contributed by atoms with Gasteiger partial charge in [-0.25, -0.2) is 0 Å². The first kappa shape index (κ1) is 14.9. The van der Waals surface area contributed by atoms with E-state index in [0.29, 0.717) is 17.3 Å². The average molecular weight is 285 g/mol. The normalized spacial score (nSPS) is 10.2. The van der Waals surface area contributed by atoms with Crippen molar-refractivity contribution in [2.45, 2.75) is 26.7 Å². The standard InChI is InChI=1S/C15H19N5O/c1-3-4-9-16-14-10-17-20-15(19-14)18-13-7-5-12(6-8-13)11(2)21/h5-8,10H,3-4,9H2,1-2H3,(H2,16,18,19,20). The van der Waals surface area contributed by atoms with Gasteiger partial charge in [-0.3, -0.25) is 4.79 Å². The number of carbonyl (C=O) groups is 1. The molecule has 0 fully saturated rings. The van der Waals surface area contributed by atoms with Crippen LogP contribution in [0.1, 0.15) is 37.0 Å².